The monoisotopic (exact) mass is 323 g/mol. The molecular weight excluding hydrogens is 306 g/mol. The number of nitrogens with zero attached hydrogens (tertiary/aromatic N) is 3. The van der Waals surface area contributed by atoms with E-state index in [1.54, 1.807) is 30.3 Å². The van der Waals surface area contributed by atoms with Crippen molar-refractivity contribution in [3.63, 3.8) is 0 Å². The van der Waals surface area contributed by atoms with Crippen molar-refractivity contribution in [1.82, 2.24) is 5.01 Å². The predicted molar refractivity (Wildman–Crippen MR) is 75.8 cm³/mol. The van der Waals surface area contributed by atoms with E-state index in [0.717, 1.165) is 0 Å². The lowest BCUT2D eigenvalue weighted by molar-refractivity contribution is -0.714. The fraction of sp³-hybridized carbons (Fsp3) is 0.429. The van der Waals surface area contributed by atoms with Crippen molar-refractivity contribution in [2.75, 3.05) is 19.9 Å². The van der Waals surface area contributed by atoms with Crippen LogP contribution >= 0.6 is 0 Å². The second-order valence-corrected chi connectivity index (χ2v) is 4.97. The molecule has 1 unspecified atom stereocenters. The molecule has 0 radical (unpaired) electrons. The number of hydrogen-bond donors (Lipinski definition) is 1. The minimum atomic E-state index is -0.944. The highest BCUT2D eigenvalue weighted by atomic mass is 16.8. The van der Waals surface area contributed by atoms with Gasteiger partial charge in [-0.15, -0.1) is 5.01 Å². The highest BCUT2D eigenvalue weighted by Crippen LogP contribution is 2.16. The Balaban J connectivity index is 1.76. The van der Waals surface area contributed by atoms with E-state index in [0.29, 0.717) is 24.9 Å². The van der Waals surface area contributed by atoms with E-state index in [9.17, 15) is 14.8 Å². The number of carboxylic acids is 1. The van der Waals surface area contributed by atoms with Gasteiger partial charge in [0, 0.05) is 0 Å². The number of benzene rings is 1. The van der Waals surface area contributed by atoms with Crippen LogP contribution in [0.3, 0.4) is 0 Å². The van der Waals surface area contributed by atoms with Gasteiger partial charge in [0.1, 0.15) is 0 Å². The lowest BCUT2D eigenvalue weighted by atomic mass is 10.00. The molecule has 9 heteroatoms. The first-order valence-electron chi connectivity index (χ1n) is 7.08. The summed E-state index contributed by atoms with van der Waals surface area (Å²) in [5.74, 6) is -2.14. The molecule has 0 spiro atoms. The molecule has 23 heavy (non-hydrogen) atoms. The van der Waals surface area contributed by atoms with Gasteiger partial charge in [-0.3, -0.25) is 4.79 Å². The molecule has 1 saturated heterocycles. The molecular formula is C14H17N3O6. The Bertz CT molecular complexity index is 577. The molecule has 1 N–H and O–H groups in total. The normalized spacial score (nSPS) is 18.3. The number of hydrazine groups is 1. The second kappa shape index (κ2) is 7.97. The minimum absolute atomic E-state index is 0.0650. The first-order valence-corrected chi connectivity index (χ1v) is 7.08. The third kappa shape index (κ3) is 4.83. The number of carbonyl (C=O) groups is 2. The van der Waals surface area contributed by atoms with Crippen molar-refractivity contribution in [2.24, 2.45) is 11.2 Å². The van der Waals surface area contributed by atoms with E-state index in [1.807, 2.05) is 0 Å². The van der Waals surface area contributed by atoms with Crippen LogP contribution in [0.25, 0.3) is 0 Å². The first kappa shape index (κ1) is 16.5. The van der Waals surface area contributed by atoms with Crippen LogP contribution in [0.2, 0.25) is 0 Å². The maximum absolute atomic E-state index is 11.7. The topological polar surface area (TPSA) is 114 Å². The van der Waals surface area contributed by atoms with Crippen LogP contribution in [0.5, 0.6) is 0 Å². The standard InChI is InChI=1S/C14H17N3O6/c18-13(19)12-7-4-8-16(9-12)17(21)15-23-10-22-14(20)11-5-2-1-3-6-11/h1-3,5-6,12H,4,7-10H2,(H,18,19)/b17-15+. The van der Waals surface area contributed by atoms with Crippen molar-refractivity contribution < 1.29 is 29.2 Å². The molecule has 1 atom stereocenters. The van der Waals surface area contributed by atoms with E-state index in [-0.39, 0.29) is 11.5 Å². The van der Waals surface area contributed by atoms with Gasteiger partial charge in [-0.25, -0.2) is 4.79 Å². The Hall–Kier alpha value is -2.84. The minimum Gasteiger partial charge on any atom is -0.569 e. The fourth-order valence-corrected chi connectivity index (χ4v) is 2.18. The Morgan fingerprint density at radius 2 is 2.13 bits per heavy atom. The molecule has 2 rings (SSSR count). The van der Waals surface area contributed by atoms with Crippen molar-refractivity contribution in [3.8, 4) is 0 Å². The number of aliphatic carboxylic acids is 1. The zero-order chi connectivity index (χ0) is 16.7. The summed E-state index contributed by atoms with van der Waals surface area (Å²) >= 11 is 0. The fourth-order valence-electron chi connectivity index (χ4n) is 2.18. The van der Waals surface area contributed by atoms with Gasteiger partial charge in [-0.05, 0) is 25.0 Å². The SMILES string of the molecule is O=C(OCO/N=[N+](/[O-])N1CCCC(C(=O)O)C1)c1ccccc1. The van der Waals surface area contributed by atoms with Gasteiger partial charge in [0.25, 0.3) is 6.79 Å². The summed E-state index contributed by atoms with van der Waals surface area (Å²) in [6.07, 6.45) is 1.10. The summed E-state index contributed by atoms with van der Waals surface area (Å²) in [6, 6.07) is 8.31. The summed E-state index contributed by atoms with van der Waals surface area (Å²) in [4.78, 5) is 27.4. The van der Waals surface area contributed by atoms with Crippen LogP contribution in [-0.2, 0) is 14.4 Å². The molecule has 124 valence electrons. The van der Waals surface area contributed by atoms with Crippen LogP contribution in [0.15, 0.2) is 35.6 Å². The van der Waals surface area contributed by atoms with Crippen LogP contribution in [0, 0.1) is 11.1 Å². The van der Waals surface area contributed by atoms with Crippen molar-refractivity contribution in [1.29, 1.82) is 0 Å². The van der Waals surface area contributed by atoms with Gasteiger partial charge in [0.2, 0.25) is 5.28 Å². The molecule has 0 aromatic heterocycles. The first-order chi connectivity index (χ1) is 11.1. The Morgan fingerprint density at radius 3 is 2.83 bits per heavy atom. The van der Waals surface area contributed by atoms with E-state index in [1.165, 1.54) is 5.01 Å². The van der Waals surface area contributed by atoms with Crippen LogP contribution in [-0.4, -0.2) is 46.9 Å². The van der Waals surface area contributed by atoms with Crippen molar-refractivity contribution in [2.45, 2.75) is 12.8 Å². The molecule has 0 saturated carbocycles. The third-order valence-corrected chi connectivity index (χ3v) is 3.37. The number of piperidine rings is 1. The maximum Gasteiger partial charge on any atom is 0.341 e. The lowest BCUT2D eigenvalue weighted by Gasteiger charge is -2.26. The zero-order valence-electron chi connectivity index (χ0n) is 12.3. The van der Waals surface area contributed by atoms with Crippen molar-refractivity contribution in [3.05, 3.63) is 41.1 Å². The van der Waals surface area contributed by atoms with Gasteiger partial charge < -0.3 is 19.9 Å². The molecule has 1 aliphatic heterocycles. The van der Waals surface area contributed by atoms with Crippen LogP contribution < -0.4 is 0 Å². The Labute approximate surface area is 132 Å². The molecule has 1 aromatic rings. The summed E-state index contributed by atoms with van der Waals surface area (Å²) in [5.41, 5.74) is 0.357. The molecule has 0 bridgehead atoms. The van der Waals surface area contributed by atoms with E-state index >= 15 is 0 Å². The molecule has 0 amide bonds. The number of ether oxygens (including phenoxy) is 1. The Kier molecular flexibility index (Phi) is 5.73. The highest BCUT2D eigenvalue weighted by molar-refractivity contribution is 5.89. The molecule has 9 nitrogen and oxygen atoms in total. The average Bonchev–Trinajstić information content (AvgIpc) is 2.59. The second-order valence-electron chi connectivity index (χ2n) is 4.97. The van der Waals surface area contributed by atoms with Crippen LogP contribution in [0.4, 0.5) is 0 Å². The van der Waals surface area contributed by atoms with Gasteiger partial charge in [-0.1, -0.05) is 18.2 Å². The number of carboxylic acid groups (broad SMARTS) is 1. The molecule has 1 heterocycles. The maximum atomic E-state index is 11.7. The molecule has 0 aliphatic carbocycles. The number of esters is 1. The van der Waals surface area contributed by atoms with Gasteiger partial charge in [0.15, 0.2) is 0 Å². The number of carbonyl (C=O) groups excluding carboxylic acids is 1. The van der Waals surface area contributed by atoms with E-state index < -0.39 is 24.6 Å². The molecule has 1 aromatic carbocycles. The summed E-state index contributed by atoms with van der Waals surface area (Å²) < 4.78 is 4.79. The molecule has 1 aliphatic rings. The smallest absolute Gasteiger partial charge is 0.341 e. The van der Waals surface area contributed by atoms with Crippen LogP contribution in [0.1, 0.15) is 23.2 Å². The highest BCUT2D eigenvalue weighted by Gasteiger charge is 2.29. The summed E-state index contributed by atoms with van der Waals surface area (Å²) in [7, 11) is 0. The quantitative estimate of drug-likeness (QED) is 0.210. The van der Waals surface area contributed by atoms with Gasteiger partial charge >= 0.3 is 11.9 Å². The largest absolute Gasteiger partial charge is 0.569 e. The summed E-state index contributed by atoms with van der Waals surface area (Å²) in [6.45, 7) is -0.0535. The van der Waals surface area contributed by atoms with E-state index in [4.69, 9.17) is 9.84 Å². The molecule has 1 fully saturated rings. The number of rotatable bonds is 6. The average molecular weight is 323 g/mol. The zero-order valence-corrected chi connectivity index (χ0v) is 12.3. The van der Waals surface area contributed by atoms with Gasteiger partial charge in [0.05, 0.1) is 29.5 Å². The van der Waals surface area contributed by atoms with Crippen molar-refractivity contribution >= 4 is 11.9 Å². The van der Waals surface area contributed by atoms with Gasteiger partial charge in [-0.2, -0.15) is 0 Å². The predicted octanol–water partition coefficient (Wildman–Crippen LogP) is 1.41. The lowest BCUT2D eigenvalue weighted by Crippen LogP contribution is -2.42. The third-order valence-electron chi connectivity index (χ3n) is 3.37. The van der Waals surface area contributed by atoms with E-state index in [2.05, 4.69) is 10.1 Å². The number of hydrogen-bond acceptors (Lipinski definition) is 6. The Morgan fingerprint density at radius 1 is 1.39 bits per heavy atom. The summed E-state index contributed by atoms with van der Waals surface area (Å²) in [5, 5.41) is 25.1.